The van der Waals surface area contributed by atoms with Crippen molar-refractivity contribution in [2.24, 2.45) is 5.92 Å². The lowest BCUT2D eigenvalue weighted by atomic mass is 10.1. The molecule has 4 heteroatoms. The number of benzene rings is 2. The fraction of sp³-hybridized carbons (Fsp3) is 0.273. The third-order valence-electron chi connectivity index (χ3n) is 4.27. The van der Waals surface area contributed by atoms with Crippen LogP contribution in [0.3, 0.4) is 0 Å². The average molecular weight is 347 g/mol. The van der Waals surface area contributed by atoms with E-state index < -0.39 is 0 Å². The molecule has 0 aliphatic heterocycles. The van der Waals surface area contributed by atoms with Gasteiger partial charge in [0.25, 0.3) is 0 Å². The molecular formula is C22H25N3O. The molecule has 0 spiro atoms. The van der Waals surface area contributed by atoms with Crippen LogP contribution in [0.5, 0.6) is 0 Å². The largest absolute Gasteiger partial charge is 0.341 e. The van der Waals surface area contributed by atoms with Gasteiger partial charge in [-0.15, -0.1) is 0 Å². The van der Waals surface area contributed by atoms with Gasteiger partial charge in [-0.2, -0.15) is 5.10 Å². The van der Waals surface area contributed by atoms with Gasteiger partial charge in [0, 0.05) is 37.3 Å². The minimum atomic E-state index is 0.159. The summed E-state index contributed by atoms with van der Waals surface area (Å²) in [5.41, 5.74) is 4.02. The predicted octanol–water partition coefficient (Wildman–Crippen LogP) is 4.54. The number of aromatic nitrogens is 2. The first kappa shape index (κ1) is 17.9. The molecule has 1 aromatic heterocycles. The SMILES string of the molecule is CC(C)CC(=O)N(C)Cc1cn(-c2ccccc2)nc1-c1ccccc1. The maximum absolute atomic E-state index is 12.4. The average Bonchev–Trinajstić information content (AvgIpc) is 3.06. The molecule has 3 aromatic rings. The number of hydrogen-bond acceptors (Lipinski definition) is 2. The van der Waals surface area contributed by atoms with Crippen LogP contribution in [0.1, 0.15) is 25.8 Å². The van der Waals surface area contributed by atoms with E-state index in [1.54, 1.807) is 4.90 Å². The van der Waals surface area contributed by atoms with Crippen LogP contribution in [0.2, 0.25) is 0 Å². The van der Waals surface area contributed by atoms with Gasteiger partial charge in [-0.1, -0.05) is 62.4 Å². The number of nitrogens with zero attached hydrogens (tertiary/aromatic N) is 3. The Morgan fingerprint density at radius 1 is 1.04 bits per heavy atom. The Hall–Kier alpha value is -2.88. The van der Waals surface area contributed by atoms with Crippen LogP contribution in [0.25, 0.3) is 16.9 Å². The van der Waals surface area contributed by atoms with Gasteiger partial charge in [-0.3, -0.25) is 4.79 Å². The first-order chi connectivity index (χ1) is 12.5. The van der Waals surface area contributed by atoms with Gasteiger partial charge in [0.05, 0.1) is 11.4 Å². The molecule has 0 N–H and O–H groups in total. The summed E-state index contributed by atoms with van der Waals surface area (Å²) < 4.78 is 1.89. The highest BCUT2D eigenvalue weighted by atomic mass is 16.2. The van der Waals surface area contributed by atoms with Crippen molar-refractivity contribution in [2.75, 3.05) is 7.05 Å². The molecule has 0 unspecified atom stereocenters. The summed E-state index contributed by atoms with van der Waals surface area (Å²) in [5, 5.41) is 4.80. The third kappa shape index (κ3) is 4.20. The Morgan fingerprint density at radius 3 is 2.27 bits per heavy atom. The van der Waals surface area contributed by atoms with E-state index in [0.717, 1.165) is 22.5 Å². The number of hydrogen-bond donors (Lipinski definition) is 0. The summed E-state index contributed by atoms with van der Waals surface area (Å²) in [6, 6.07) is 20.2. The molecule has 26 heavy (non-hydrogen) atoms. The summed E-state index contributed by atoms with van der Waals surface area (Å²) >= 11 is 0. The van der Waals surface area contributed by atoms with Crippen molar-refractivity contribution in [2.45, 2.75) is 26.8 Å². The van der Waals surface area contributed by atoms with Crippen molar-refractivity contribution < 1.29 is 4.79 Å². The molecule has 0 bridgehead atoms. The van der Waals surface area contributed by atoms with E-state index in [1.165, 1.54) is 0 Å². The highest BCUT2D eigenvalue weighted by Gasteiger charge is 2.17. The zero-order valence-electron chi connectivity index (χ0n) is 15.6. The number of carbonyl (C=O) groups is 1. The first-order valence-electron chi connectivity index (χ1n) is 8.98. The molecule has 0 saturated carbocycles. The summed E-state index contributed by atoms with van der Waals surface area (Å²) in [4.78, 5) is 14.2. The Bertz CT molecular complexity index is 854. The van der Waals surface area contributed by atoms with Gasteiger partial charge in [0.2, 0.25) is 5.91 Å². The van der Waals surface area contributed by atoms with E-state index in [2.05, 4.69) is 26.0 Å². The minimum Gasteiger partial charge on any atom is -0.341 e. The Morgan fingerprint density at radius 2 is 1.65 bits per heavy atom. The van der Waals surface area contributed by atoms with Gasteiger partial charge in [0.1, 0.15) is 0 Å². The Balaban J connectivity index is 1.95. The quantitative estimate of drug-likeness (QED) is 0.656. The highest BCUT2D eigenvalue weighted by Crippen LogP contribution is 2.25. The van der Waals surface area contributed by atoms with Gasteiger partial charge in [-0.25, -0.2) is 4.68 Å². The molecule has 4 nitrogen and oxygen atoms in total. The van der Waals surface area contributed by atoms with Crippen molar-refractivity contribution in [3.63, 3.8) is 0 Å². The standard InChI is InChI=1S/C22H25N3O/c1-17(2)14-21(26)24(3)15-19-16-25(20-12-8-5-9-13-20)23-22(19)18-10-6-4-7-11-18/h4-13,16-17H,14-15H2,1-3H3. The van der Waals surface area contributed by atoms with E-state index in [4.69, 9.17) is 5.10 Å². The maximum atomic E-state index is 12.4. The van der Waals surface area contributed by atoms with Gasteiger partial charge >= 0.3 is 0 Å². The molecule has 2 aromatic carbocycles. The zero-order valence-corrected chi connectivity index (χ0v) is 15.6. The number of para-hydroxylation sites is 1. The molecule has 0 aliphatic carbocycles. The van der Waals surface area contributed by atoms with Crippen molar-refractivity contribution in [3.05, 3.63) is 72.4 Å². The predicted molar refractivity (Wildman–Crippen MR) is 105 cm³/mol. The number of rotatable bonds is 6. The van der Waals surface area contributed by atoms with E-state index in [1.807, 2.05) is 66.5 Å². The second kappa shape index (κ2) is 8.00. The molecule has 0 saturated heterocycles. The van der Waals surface area contributed by atoms with Crippen molar-refractivity contribution >= 4 is 5.91 Å². The summed E-state index contributed by atoms with van der Waals surface area (Å²) in [6.45, 7) is 4.67. The van der Waals surface area contributed by atoms with E-state index >= 15 is 0 Å². The second-order valence-electron chi connectivity index (χ2n) is 7.00. The van der Waals surface area contributed by atoms with Crippen molar-refractivity contribution in [1.29, 1.82) is 0 Å². The van der Waals surface area contributed by atoms with E-state index in [9.17, 15) is 4.79 Å². The normalized spacial score (nSPS) is 10.9. The van der Waals surface area contributed by atoms with E-state index in [-0.39, 0.29) is 5.91 Å². The van der Waals surface area contributed by atoms with Crippen molar-refractivity contribution in [3.8, 4) is 16.9 Å². The van der Waals surface area contributed by atoms with Crippen LogP contribution >= 0.6 is 0 Å². The fourth-order valence-corrected chi connectivity index (χ4v) is 2.93. The molecular weight excluding hydrogens is 322 g/mol. The lowest BCUT2D eigenvalue weighted by Gasteiger charge is -2.18. The van der Waals surface area contributed by atoms with Gasteiger partial charge in [-0.05, 0) is 18.1 Å². The smallest absolute Gasteiger partial charge is 0.222 e. The topological polar surface area (TPSA) is 38.1 Å². The van der Waals surface area contributed by atoms with Crippen molar-refractivity contribution in [1.82, 2.24) is 14.7 Å². The number of carbonyl (C=O) groups excluding carboxylic acids is 1. The van der Waals surface area contributed by atoms with Gasteiger partial charge < -0.3 is 4.90 Å². The maximum Gasteiger partial charge on any atom is 0.222 e. The van der Waals surface area contributed by atoms with Crippen LogP contribution in [-0.4, -0.2) is 27.6 Å². The van der Waals surface area contributed by atoms with Crippen LogP contribution in [0, 0.1) is 5.92 Å². The van der Waals surface area contributed by atoms with Crippen LogP contribution in [-0.2, 0) is 11.3 Å². The van der Waals surface area contributed by atoms with Crippen LogP contribution in [0.4, 0.5) is 0 Å². The molecule has 0 atom stereocenters. The van der Waals surface area contributed by atoms with Crippen LogP contribution < -0.4 is 0 Å². The third-order valence-corrected chi connectivity index (χ3v) is 4.27. The van der Waals surface area contributed by atoms with Crippen LogP contribution in [0.15, 0.2) is 66.9 Å². The zero-order chi connectivity index (χ0) is 18.5. The Kier molecular flexibility index (Phi) is 5.52. The second-order valence-corrected chi connectivity index (χ2v) is 7.00. The van der Waals surface area contributed by atoms with Gasteiger partial charge in [0.15, 0.2) is 0 Å². The molecule has 1 amide bonds. The van der Waals surface area contributed by atoms with E-state index in [0.29, 0.717) is 18.9 Å². The molecule has 0 fully saturated rings. The monoisotopic (exact) mass is 347 g/mol. The summed E-state index contributed by atoms with van der Waals surface area (Å²) in [6.07, 6.45) is 2.58. The summed E-state index contributed by atoms with van der Waals surface area (Å²) in [7, 11) is 1.86. The minimum absolute atomic E-state index is 0.159. The summed E-state index contributed by atoms with van der Waals surface area (Å²) in [5.74, 6) is 0.511. The Labute approximate surface area is 155 Å². The lowest BCUT2D eigenvalue weighted by Crippen LogP contribution is -2.27. The molecule has 0 aliphatic rings. The number of amides is 1. The molecule has 0 radical (unpaired) electrons. The highest BCUT2D eigenvalue weighted by molar-refractivity contribution is 5.76. The molecule has 1 heterocycles. The lowest BCUT2D eigenvalue weighted by molar-refractivity contribution is -0.131. The molecule has 134 valence electrons. The first-order valence-corrected chi connectivity index (χ1v) is 8.98. The fourth-order valence-electron chi connectivity index (χ4n) is 2.93. The molecule has 3 rings (SSSR count).